The highest BCUT2D eigenvalue weighted by Gasteiger charge is 2.28. The standard InChI is InChI=1S/C19H16FN5O5/c20-16-6-3-13(7-21-16)12-1-4-15(5-2-12)29-11-18(26)22-14-8-24-9-17(25(27)28)23-19(24)30-10-14/h1-7,9,14H,8,10-11H2,(H,22,26)/t14-/m0/s1. The van der Waals surface area contributed by atoms with E-state index in [0.29, 0.717) is 12.3 Å². The maximum Gasteiger partial charge on any atom is 0.414 e. The van der Waals surface area contributed by atoms with Crippen LogP contribution in [0.1, 0.15) is 0 Å². The largest absolute Gasteiger partial charge is 0.484 e. The number of halogens is 1. The van der Waals surface area contributed by atoms with Crippen molar-refractivity contribution in [1.29, 1.82) is 0 Å². The maximum atomic E-state index is 12.9. The van der Waals surface area contributed by atoms with Crippen molar-refractivity contribution in [2.24, 2.45) is 0 Å². The Kier molecular flexibility index (Phi) is 5.24. The van der Waals surface area contributed by atoms with Gasteiger partial charge in [0.25, 0.3) is 5.91 Å². The molecule has 0 aliphatic carbocycles. The number of carbonyl (C=O) groups is 1. The lowest BCUT2D eigenvalue weighted by molar-refractivity contribution is -0.389. The van der Waals surface area contributed by atoms with E-state index in [9.17, 15) is 19.3 Å². The number of fused-ring (bicyclic) bond motifs is 1. The third-order valence-corrected chi connectivity index (χ3v) is 4.40. The minimum absolute atomic E-state index is 0.153. The second kappa shape index (κ2) is 8.15. The normalized spacial score (nSPS) is 15.0. The molecular weight excluding hydrogens is 397 g/mol. The minimum atomic E-state index is -0.603. The lowest BCUT2D eigenvalue weighted by Crippen LogP contribution is -2.46. The molecule has 0 fully saturated rings. The van der Waals surface area contributed by atoms with Crippen molar-refractivity contribution in [3.8, 4) is 22.9 Å². The van der Waals surface area contributed by atoms with Gasteiger partial charge in [0.15, 0.2) is 6.61 Å². The Balaban J connectivity index is 1.28. The number of amides is 1. The van der Waals surface area contributed by atoms with Crippen molar-refractivity contribution < 1.29 is 23.6 Å². The Morgan fingerprint density at radius 1 is 1.30 bits per heavy atom. The summed E-state index contributed by atoms with van der Waals surface area (Å²) in [6.45, 7) is 0.257. The number of nitro groups is 1. The predicted octanol–water partition coefficient (Wildman–Crippen LogP) is 1.95. The molecule has 0 unspecified atom stereocenters. The molecule has 1 aliphatic heterocycles. The lowest BCUT2D eigenvalue weighted by atomic mass is 10.1. The van der Waals surface area contributed by atoms with Gasteiger partial charge in [-0.3, -0.25) is 9.36 Å². The first-order valence-electron chi connectivity index (χ1n) is 8.96. The Labute approximate surface area is 169 Å². The average molecular weight is 413 g/mol. The van der Waals surface area contributed by atoms with Crippen molar-refractivity contribution in [3.05, 3.63) is 64.9 Å². The first-order valence-corrected chi connectivity index (χ1v) is 8.96. The molecule has 10 nitrogen and oxygen atoms in total. The first kappa shape index (κ1) is 19.3. The number of imidazole rings is 1. The van der Waals surface area contributed by atoms with Crippen molar-refractivity contribution in [2.45, 2.75) is 12.6 Å². The van der Waals surface area contributed by atoms with Gasteiger partial charge in [-0.05, 0) is 34.8 Å². The van der Waals surface area contributed by atoms with Gasteiger partial charge in [0.1, 0.15) is 18.6 Å². The molecule has 30 heavy (non-hydrogen) atoms. The van der Waals surface area contributed by atoms with E-state index < -0.39 is 10.9 Å². The van der Waals surface area contributed by atoms with Crippen molar-refractivity contribution in [3.63, 3.8) is 0 Å². The predicted molar refractivity (Wildman–Crippen MR) is 101 cm³/mol. The van der Waals surface area contributed by atoms with Crippen LogP contribution in [-0.4, -0.2) is 44.6 Å². The van der Waals surface area contributed by atoms with Gasteiger partial charge in [-0.15, -0.1) is 0 Å². The molecule has 1 N–H and O–H groups in total. The number of ether oxygens (including phenoxy) is 2. The highest BCUT2D eigenvalue weighted by molar-refractivity contribution is 5.78. The highest BCUT2D eigenvalue weighted by atomic mass is 19.1. The third kappa shape index (κ3) is 4.35. The van der Waals surface area contributed by atoms with Crippen LogP contribution in [0.3, 0.4) is 0 Å². The molecule has 11 heteroatoms. The van der Waals surface area contributed by atoms with Crippen molar-refractivity contribution in [2.75, 3.05) is 13.2 Å². The molecular formula is C19H16FN5O5. The van der Waals surface area contributed by atoms with Crippen LogP contribution in [0.15, 0.2) is 48.8 Å². The number of hydrogen-bond acceptors (Lipinski definition) is 7. The first-order chi connectivity index (χ1) is 14.5. The Morgan fingerprint density at radius 3 is 2.77 bits per heavy atom. The third-order valence-electron chi connectivity index (χ3n) is 4.40. The smallest absolute Gasteiger partial charge is 0.414 e. The van der Waals surface area contributed by atoms with Gasteiger partial charge in [0.2, 0.25) is 5.95 Å². The Hall–Kier alpha value is -4.02. The summed E-state index contributed by atoms with van der Waals surface area (Å²) in [5.41, 5.74) is 1.60. The molecule has 1 aliphatic rings. The van der Waals surface area contributed by atoms with E-state index in [1.165, 1.54) is 23.0 Å². The summed E-state index contributed by atoms with van der Waals surface area (Å²) in [6, 6.07) is 9.66. The van der Waals surface area contributed by atoms with Gasteiger partial charge < -0.3 is 24.9 Å². The van der Waals surface area contributed by atoms with Crippen LogP contribution in [0.4, 0.5) is 10.2 Å². The van der Waals surface area contributed by atoms with Crippen LogP contribution in [-0.2, 0) is 11.3 Å². The molecule has 0 spiro atoms. The fourth-order valence-electron chi connectivity index (χ4n) is 2.98. The summed E-state index contributed by atoms with van der Waals surface area (Å²) in [6.07, 6.45) is 2.70. The average Bonchev–Trinajstić information content (AvgIpc) is 3.17. The topological polar surface area (TPSA) is 121 Å². The minimum Gasteiger partial charge on any atom is -0.484 e. The molecule has 0 saturated carbocycles. The SMILES string of the molecule is O=C(COc1ccc(-c2ccc(F)nc2)cc1)N[C@@H]1COc2nc([N+](=O)[O-])cn2C1. The summed E-state index contributed by atoms with van der Waals surface area (Å²) in [7, 11) is 0. The summed E-state index contributed by atoms with van der Waals surface area (Å²) in [5, 5.41) is 13.5. The summed E-state index contributed by atoms with van der Waals surface area (Å²) >= 11 is 0. The van der Waals surface area contributed by atoms with E-state index in [-0.39, 0.29) is 37.0 Å². The highest BCUT2D eigenvalue weighted by Crippen LogP contribution is 2.23. The number of rotatable bonds is 6. The Morgan fingerprint density at radius 2 is 2.07 bits per heavy atom. The molecule has 4 rings (SSSR count). The van der Waals surface area contributed by atoms with E-state index >= 15 is 0 Å². The molecule has 0 saturated heterocycles. The summed E-state index contributed by atoms with van der Waals surface area (Å²) < 4.78 is 25.2. The molecule has 154 valence electrons. The van der Waals surface area contributed by atoms with Crippen LogP contribution >= 0.6 is 0 Å². The number of nitrogens with one attached hydrogen (secondary N) is 1. The van der Waals surface area contributed by atoms with E-state index in [1.54, 1.807) is 30.3 Å². The van der Waals surface area contributed by atoms with Crippen LogP contribution in [0.2, 0.25) is 0 Å². The molecule has 1 aromatic carbocycles. The van der Waals surface area contributed by atoms with Crippen LogP contribution in [0, 0.1) is 16.1 Å². The van der Waals surface area contributed by atoms with E-state index in [4.69, 9.17) is 9.47 Å². The molecule has 0 bridgehead atoms. The number of nitrogens with zero attached hydrogens (tertiary/aromatic N) is 4. The fourth-order valence-corrected chi connectivity index (χ4v) is 2.98. The summed E-state index contributed by atoms with van der Waals surface area (Å²) in [4.78, 5) is 29.7. The lowest BCUT2D eigenvalue weighted by Gasteiger charge is -2.23. The zero-order valence-electron chi connectivity index (χ0n) is 15.5. The van der Waals surface area contributed by atoms with Gasteiger partial charge in [-0.1, -0.05) is 12.1 Å². The molecule has 2 aromatic heterocycles. The number of pyridine rings is 1. The van der Waals surface area contributed by atoms with Crippen molar-refractivity contribution >= 4 is 11.7 Å². The van der Waals surface area contributed by atoms with Gasteiger partial charge in [-0.25, -0.2) is 4.98 Å². The van der Waals surface area contributed by atoms with Crippen LogP contribution in [0.25, 0.3) is 11.1 Å². The second-order valence-corrected chi connectivity index (χ2v) is 6.55. The zero-order valence-corrected chi connectivity index (χ0v) is 15.5. The zero-order chi connectivity index (χ0) is 21.1. The number of aromatic nitrogens is 3. The maximum absolute atomic E-state index is 12.9. The second-order valence-electron chi connectivity index (χ2n) is 6.55. The Bertz CT molecular complexity index is 1070. The van der Waals surface area contributed by atoms with E-state index in [1.807, 2.05) is 0 Å². The fraction of sp³-hybridized carbons (Fsp3) is 0.211. The van der Waals surface area contributed by atoms with Gasteiger partial charge >= 0.3 is 11.8 Å². The molecule has 3 heterocycles. The van der Waals surface area contributed by atoms with E-state index in [2.05, 4.69) is 15.3 Å². The quantitative estimate of drug-likeness (QED) is 0.372. The number of carbonyl (C=O) groups excluding carboxylic acids is 1. The van der Waals surface area contributed by atoms with Crippen molar-refractivity contribution in [1.82, 2.24) is 19.9 Å². The van der Waals surface area contributed by atoms with E-state index in [0.717, 1.165) is 11.1 Å². The van der Waals surface area contributed by atoms with Gasteiger partial charge in [-0.2, -0.15) is 4.39 Å². The number of hydrogen-bond donors (Lipinski definition) is 1. The van der Waals surface area contributed by atoms with Gasteiger partial charge in [0.05, 0.1) is 12.6 Å². The monoisotopic (exact) mass is 413 g/mol. The molecule has 1 amide bonds. The molecule has 3 aromatic rings. The van der Waals surface area contributed by atoms with Crippen LogP contribution in [0.5, 0.6) is 11.8 Å². The number of benzene rings is 1. The van der Waals surface area contributed by atoms with Crippen LogP contribution < -0.4 is 14.8 Å². The molecule has 1 atom stereocenters. The molecule has 0 radical (unpaired) electrons. The van der Waals surface area contributed by atoms with Gasteiger partial charge in [0, 0.05) is 16.7 Å². The summed E-state index contributed by atoms with van der Waals surface area (Å²) in [5.74, 6) is -0.708.